The van der Waals surface area contributed by atoms with Gasteiger partial charge in [0, 0.05) is 31.9 Å². The first kappa shape index (κ1) is 11.7. The van der Waals surface area contributed by atoms with Gasteiger partial charge in [0.05, 0.1) is 6.20 Å². The van der Waals surface area contributed by atoms with Crippen LogP contribution in [0.5, 0.6) is 0 Å². The topological polar surface area (TPSA) is 64.2 Å². The fourth-order valence-electron chi connectivity index (χ4n) is 3.35. The first-order valence-corrected chi connectivity index (χ1v) is 6.68. The van der Waals surface area contributed by atoms with E-state index in [-0.39, 0.29) is 5.91 Å². The summed E-state index contributed by atoms with van der Waals surface area (Å²) in [5, 5.41) is 4.07. The van der Waals surface area contributed by atoms with Gasteiger partial charge in [-0.3, -0.25) is 9.48 Å². The van der Waals surface area contributed by atoms with Crippen LogP contribution < -0.4 is 5.73 Å². The number of carbonyl (C=O) groups excluding carboxylic acids is 1. The Bertz CT molecular complexity index is 444. The highest BCUT2D eigenvalue weighted by atomic mass is 16.2. The van der Waals surface area contributed by atoms with E-state index in [2.05, 4.69) is 5.10 Å². The van der Waals surface area contributed by atoms with E-state index >= 15 is 0 Å². The fourth-order valence-corrected chi connectivity index (χ4v) is 3.35. The van der Waals surface area contributed by atoms with Crippen LogP contribution in [0.15, 0.2) is 12.4 Å². The van der Waals surface area contributed by atoms with Gasteiger partial charge in [0.1, 0.15) is 6.04 Å². The van der Waals surface area contributed by atoms with Crippen molar-refractivity contribution >= 4 is 5.91 Å². The van der Waals surface area contributed by atoms with Crippen LogP contribution in [-0.2, 0) is 11.8 Å². The number of aryl methyl sites for hydroxylation is 1. The van der Waals surface area contributed by atoms with E-state index < -0.39 is 6.04 Å². The molecule has 18 heavy (non-hydrogen) atoms. The lowest BCUT2D eigenvalue weighted by atomic mass is 10.0. The number of carbonyl (C=O) groups is 1. The molecule has 0 bridgehead atoms. The molecule has 1 aromatic rings. The van der Waals surface area contributed by atoms with E-state index in [0.29, 0.717) is 0 Å². The van der Waals surface area contributed by atoms with Crippen LogP contribution in [0.25, 0.3) is 0 Å². The van der Waals surface area contributed by atoms with Crippen LogP contribution >= 0.6 is 0 Å². The zero-order valence-corrected chi connectivity index (χ0v) is 10.7. The largest absolute Gasteiger partial charge is 0.340 e. The highest BCUT2D eigenvalue weighted by molar-refractivity contribution is 5.83. The van der Waals surface area contributed by atoms with Crippen LogP contribution in [0.4, 0.5) is 0 Å². The van der Waals surface area contributed by atoms with Crippen LogP contribution in [0.1, 0.15) is 30.9 Å². The van der Waals surface area contributed by atoms with Gasteiger partial charge in [-0.05, 0) is 24.7 Å². The Morgan fingerprint density at radius 1 is 1.44 bits per heavy atom. The zero-order chi connectivity index (χ0) is 12.7. The predicted octanol–water partition coefficient (Wildman–Crippen LogP) is 0.678. The monoisotopic (exact) mass is 248 g/mol. The molecular weight excluding hydrogens is 228 g/mol. The van der Waals surface area contributed by atoms with Crippen LogP contribution in [0.3, 0.4) is 0 Å². The van der Waals surface area contributed by atoms with Gasteiger partial charge in [0.15, 0.2) is 0 Å². The van der Waals surface area contributed by atoms with Gasteiger partial charge in [-0.2, -0.15) is 5.10 Å². The molecule has 3 rings (SSSR count). The minimum absolute atomic E-state index is 0.0531. The lowest BCUT2D eigenvalue weighted by Gasteiger charge is -2.20. The second-order valence-corrected chi connectivity index (χ2v) is 5.62. The van der Waals surface area contributed by atoms with E-state index in [1.165, 1.54) is 19.3 Å². The molecule has 1 aliphatic carbocycles. The minimum atomic E-state index is -0.558. The number of rotatable bonds is 2. The molecule has 3 atom stereocenters. The van der Waals surface area contributed by atoms with Crippen molar-refractivity contribution in [3.05, 3.63) is 18.0 Å². The summed E-state index contributed by atoms with van der Waals surface area (Å²) in [5.41, 5.74) is 6.84. The Morgan fingerprint density at radius 3 is 2.67 bits per heavy atom. The van der Waals surface area contributed by atoms with Gasteiger partial charge >= 0.3 is 0 Å². The molecule has 0 aromatic carbocycles. The maximum atomic E-state index is 12.4. The highest BCUT2D eigenvalue weighted by Gasteiger charge is 2.39. The molecule has 5 nitrogen and oxygen atoms in total. The summed E-state index contributed by atoms with van der Waals surface area (Å²) in [5.74, 6) is 1.49. The van der Waals surface area contributed by atoms with Crippen molar-refractivity contribution in [2.45, 2.75) is 25.3 Å². The molecule has 1 saturated heterocycles. The summed E-state index contributed by atoms with van der Waals surface area (Å²) >= 11 is 0. The number of nitrogens with zero attached hydrogens (tertiary/aromatic N) is 3. The molecule has 0 radical (unpaired) electrons. The summed E-state index contributed by atoms with van der Waals surface area (Å²) in [4.78, 5) is 14.3. The van der Waals surface area contributed by atoms with Crippen molar-refractivity contribution in [3.63, 3.8) is 0 Å². The number of aromatic nitrogens is 2. The normalized spacial score (nSPS) is 28.4. The van der Waals surface area contributed by atoms with Gasteiger partial charge in [-0.25, -0.2) is 0 Å². The minimum Gasteiger partial charge on any atom is -0.340 e. The number of hydrogen-bond donors (Lipinski definition) is 1. The molecule has 1 amide bonds. The predicted molar refractivity (Wildman–Crippen MR) is 67.5 cm³/mol. The highest BCUT2D eigenvalue weighted by Crippen LogP contribution is 2.38. The third-order valence-electron chi connectivity index (χ3n) is 4.39. The van der Waals surface area contributed by atoms with Gasteiger partial charge in [-0.15, -0.1) is 0 Å². The quantitative estimate of drug-likeness (QED) is 0.837. The maximum Gasteiger partial charge on any atom is 0.244 e. The summed E-state index contributed by atoms with van der Waals surface area (Å²) in [6.45, 7) is 1.80. The van der Waals surface area contributed by atoms with Gasteiger partial charge in [-0.1, -0.05) is 6.42 Å². The average molecular weight is 248 g/mol. The Kier molecular flexibility index (Phi) is 2.86. The summed E-state index contributed by atoms with van der Waals surface area (Å²) in [6.07, 6.45) is 7.37. The molecule has 1 aliphatic heterocycles. The smallest absolute Gasteiger partial charge is 0.244 e. The molecule has 2 fully saturated rings. The van der Waals surface area contributed by atoms with Crippen molar-refractivity contribution in [3.8, 4) is 0 Å². The number of fused-ring (bicyclic) bond motifs is 1. The van der Waals surface area contributed by atoms with Crippen molar-refractivity contribution in [1.29, 1.82) is 0 Å². The van der Waals surface area contributed by atoms with E-state index in [9.17, 15) is 4.79 Å². The number of likely N-dealkylation sites (tertiary alicyclic amines) is 1. The van der Waals surface area contributed by atoms with Crippen molar-refractivity contribution in [1.82, 2.24) is 14.7 Å². The Hall–Kier alpha value is -1.36. The van der Waals surface area contributed by atoms with E-state index in [1.807, 2.05) is 18.1 Å². The first-order chi connectivity index (χ1) is 8.65. The standard InChI is InChI=1S/C13H20N4O/c1-16-6-11(5-15-16)12(14)13(18)17-7-9-3-2-4-10(9)8-17/h5-6,9-10,12H,2-4,7-8,14H2,1H3. The van der Waals surface area contributed by atoms with E-state index in [1.54, 1.807) is 10.9 Å². The fraction of sp³-hybridized carbons (Fsp3) is 0.692. The first-order valence-electron chi connectivity index (χ1n) is 6.68. The number of nitrogens with two attached hydrogens (primary N) is 1. The average Bonchev–Trinajstić information content (AvgIpc) is 3.00. The Balaban J connectivity index is 1.68. The molecule has 1 aromatic heterocycles. The zero-order valence-electron chi connectivity index (χ0n) is 10.7. The van der Waals surface area contributed by atoms with Gasteiger partial charge in [0.25, 0.3) is 0 Å². The number of hydrogen-bond acceptors (Lipinski definition) is 3. The molecule has 5 heteroatoms. The molecule has 2 aliphatic rings. The van der Waals surface area contributed by atoms with E-state index in [0.717, 1.165) is 30.5 Å². The summed E-state index contributed by atoms with van der Waals surface area (Å²) < 4.78 is 1.68. The number of amides is 1. The lowest BCUT2D eigenvalue weighted by molar-refractivity contribution is -0.132. The second-order valence-electron chi connectivity index (χ2n) is 5.62. The van der Waals surface area contributed by atoms with Crippen LogP contribution in [0.2, 0.25) is 0 Å². The van der Waals surface area contributed by atoms with Crippen molar-refractivity contribution in [2.24, 2.45) is 24.6 Å². The van der Waals surface area contributed by atoms with Gasteiger partial charge in [0.2, 0.25) is 5.91 Å². The maximum absolute atomic E-state index is 12.4. The summed E-state index contributed by atoms with van der Waals surface area (Å²) in [6, 6.07) is -0.558. The van der Waals surface area contributed by atoms with Crippen LogP contribution in [-0.4, -0.2) is 33.7 Å². The summed E-state index contributed by atoms with van der Waals surface area (Å²) in [7, 11) is 1.83. The third kappa shape index (κ3) is 1.92. The molecule has 98 valence electrons. The molecule has 1 saturated carbocycles. The van der Waals surface area contributed by atoms with Crippen molar-refractivity contribution < 1.29 is 4.79 Å². The molecule has 0 spiro atoms. The second kappa shape index (κ2) is 4.39. The SMILES string of the molecule is Cn1cc(C(N)C(=O)N2CC3CCCC3C2)cn1. The third-order valence-corrected chi connectivity index (χ3v) is 4.39. The lowest BCUT2D eigenvalue weighted by Crippen LogP contribution is -2.37. The molecular formula is C13H20N4O. The van der Waals surface area contributed by atoms with E-state index in [4.69, 9.17) is 5.73 Å². The molecule has 2 N–H and O–H groups in total. The van der Waals surface area contributed by atoms with Gasteiger partial charge < -0.3 is 10.6 Å². The Morgan fingerprint density at radius 2 is 2.11 bits per heavy atom. The van der Waals surface area contributed by atoms with Crippen LogP contribution in [0, 0.1) is 11.8 Å². The molecule has 3 unspecified atom stereocenters. The molecule has 2 heterocycles. The Labute approximate surface area is 107 Å². The van der Waals surface area contributed by atoms with Crippen molar-refractivity contribution in [2.75, 3.05) is 13.1 Å².